The fourth-order valence-electron chi connectivity index (χ4n) is 4.50. The van der Waals surface area contributed by atoms with Gasteiger partial charge < -0.3 is 25.0 Å². The second-order valence-electron chi connectivity index (χ2n) is 8.88. The van der Waals surface area contributed by atoms with E-state index < -0.39 is 23.7 Å². The van der Waals surface area contributed by atoms with Crippen LogP contribution in [0.15, 0.2) is 42.6 Å². The Morgan fingerprint density at radius 1 is 1.25 bits per heavy atom. The topological polar surface area (TPSA) is 105 Å². The van der Waals surface area contributed by atoms with Crippen LogP contribution in [-0.4, -0.2) is 40.2 Å². The number of carboxylic acids is 1. The number of methoxy groups -OCH3 is 1. The number of hydrogen-bond donors (Lipinski definition) is 3. The van der Waals surface area contributed by atoms with Crippen molar-refractivity contribution < 1.29 is 23.8 Å². The van der Waals surface area contributed by atoms with Crippen molar-refractivity contribution in [3.8, 4) is 5.75 Å². The van der Waals surface area contributed by atoms with Gasteiger partial charge in [-0.25, -0.2) is 9.37 Å². The van der Waals surface area contributed by atoms with Gasteiger partial charge in [-0.15, -0.1) is 0 Å². The minimum Gasteiger partial charge on any atom is -0.494 e. The molecule has 1 aliphatic heterocycles. The number of rotatable bonds is 10. The fraction of sp³-hybridized carbons (Fsp3) is 0.370. The number of carboxylic acid groups (broad SMARTS) is 1. The van der Waals surface area contributed by atoms with Gasteiger partial charge in [0.05, 0.1) is 19.6 Å². The van der Waals surface area contributed by atoms with Gasteiger partial charge in [-0.1, -0.05) is 12.1 Å². The first-order valence-electron chi connectivity index (χ1n) is 12.2. The minimum atomic E-state index is -1.10. The fourth-order valence-corrected chi connectivity index (χ4v) is 4.50. The number of carbonyl (C=O) groups is 2. The van der Waals surface area contributed by atoms with Crippen LogP contribution < -0.4 is 15.4 Å². The number of halogens is 1. The van der Waals surface area contributed by atoms with E-state index in [9.17, 15) is 19.1 Å². The van der Waals surface area contributed by atoms with Crippen LogP contribution in [0.5, 0.6) is 5.75 Å². The summed E-state index contributed by atoms with van der Waals surface area (Å²) >= 11 is 0. The summed E-state index contributed by atoms with van der Waals surface area (Å²) in [5, 5.41) is 15.5. The van der Waals surface area contributed by atoms with Gasteiger partial charge in [-0.05, 0) is 73.6 Å². The quantitative estimate of drug-likeness (QED) is 0.391. The van der Waals surface area contributed by atoms with Gasteiger partial charge in [-0.2, -0.15) is 0 Å². The molecule has 190 valence electrons. The average molecular weight is 495 g/mol. The number of aliphatic carboxylic acids is 1. The molecule has 2 aromatic heterocycles. The SMILES string of the molecule is CCn1cc(CCc2ccc3c(n2)NCCC3)cc1C(=O)N[C@@H](CC(=O)O)c1ccc(OC)c(F)c1. The Morgan fingerprint density at radius 2 is 2.08 bits per heavy atom. The maximum absolute atomic E-state index is 14.3. The second-order valence-corrected chi connectivity index (χ2v) is 8.88. The van der Waals surface area contributed by atoms with Crippen LogP contribution in [0.25, 0.3) is 0 Å². The second kappa shape index (κ2) is 11.2. The van der Waals surface area contributed by atoms with Crippen LogP contribution in [0, 0.1) is 5.82 Å². The number of ether oxygens (including phenoxy) is 1. The van der Waals surface area contributed by atoms with Crippen molar-refractivity contribution in [2.45, 2.75) is 51.6 Å². The first-order chi connectivity index (χ1) is 17.4. The highest BCUT2D eigenvalue weighted by molar-refractivity contribution is 5.93. The van der Waals surface area contributed by atoms with Gasteiger partial charge in [0.1, 0.15) is 11.5 Å². The van der Waals surface area contributed by atoms with Gasteiger partial charge in [0, 0.05) is 25.0 Å². The number of benzene rings is 1. The standard InChI is InChI=1S/C27H31FN4O4/c1-3-32-16-17(6-9-20-10-7-18-5-4-12-29-26(18)30-20)13-23(32)27(35)31-22(15-25(33)34)19-8-11-24(36-2)21(28)14-19/h7-8,10-11,13-14,16,22H,3-6,9,12,15H2,1-2H3,(H,29,30)(H,31,35)(H,33,34)/t22-/m0/s1. The number of pyridine rings is 1. The van der Waals surface area contributed by atoms with Crippen LogP contribution in [0.2, 0.25) is 0 Å². The maximum atomic E-state index is 14.3. The van der Waals surface area contributed by atoms with Crippen molar-refractivity contribution in [2.24, 2.45) is 0 Å². The number of aryl methyl sites for hydroxylation is 4. The lowest BCUT2D eigenvalue weighted by Gasteiger charge is -2.18. The van der Waals surface area contributed by atoms with E-state index in [1.54, 1.807) is 6.07 Å². The van der Waals surface area contributed by atoms with Crippen LogP contribution in [0.4, 0.5) is 10.2 Å². The summed E-state index contributed by atoms with van der Waals surface area (Å²) in [7, 11) is 1.35. The largest absolute Gasteiger partial charge is 0.494 e. The van der Waals surface area contributed by atoms with Gasteiger partial charge >= 0.3 is 5.97 Å². The first kappa shape index (κ1) is 25.2. The third kappa shape index (κ3) is 5.84. The summed E-state index contributed by atoms with van der Waals surface area (Å²) in [6.45, 7) is 3.45. The molecule has 8 nitrogen and oxygen atoms in total. The van der Waals surface area contributed by atoms with E-state index in [1.807, 2.05) is 23.8 Å². The van der Waals surface area contributed by atoms with Gasteiger partial charge in [0.25, 0.3) is 5.91 Å². The molecule has 0 radical (unpaired) electrons. The van der Waals surface area contributed by atoms with Gasteiger partial charge in [0.15, 0.2) is 11.6 Å². The van der Waals surface area contributed by atoms with Crippen molar-refractivity contribution in [2.75, 3.05) is 19.0 Å². The van der Waals surface area contributed by atoms with E-state index in [1.165, 1.54) is 24.8 Å². The molecule has 9 heteroatoms. The number of carbonyl (C=O) groups excluding carboxylic acids is 1. The predicted molar refractivity (Wildman–Crippen MR) is 134 cm³/mol. The molecule has 0 unspecified atom stereocenters. The van der Waals surface area contributed by atoms with Gasteiger partial charge in [0.2, 0.25) is 0 Å². The number of nitrogens with one attached hydrogen (secondary N) is 2. The molecule has 3 aromatic rings. The zero-order valence-electron chi connectivity index (χ0n) is 20.5. The van der Waals surface area contributed by atoms with Gasteiger partial charge in [-0.3, -0.25) is 9.59 Å². The van der Waals surface area contributed by atoms with Crippen molar-refractivity contribution in [3.63, 3.8) is 0 Å². The van der Waals surface area contributed by atoms with E-state index in [2.05, 4.69) is 22.8 Å². The molecule has 0 saturated carbocycles. The third-order valence-corrected chi connectivity index (χ3v) is 6.41. The Labute approximate surface area is 209 Å². The Hall–Kier alpha value is -3.88. The highest BCUT2D eigenvalue weighted by atomic mass is 19.1. The highest BCUT2D eigenvalue weighted by Gasteiger charge is 2.22. The molecule has 0 bridgehead atoms. The molecular weight excluding hydrogens is 463 g/mol. The summed E-state index contributed by atoms with van der Waals surface area (Å²) < 4.78 is 21.0. The Morgan fingerprint density at radius 3 is 2.81 bits per heavy atom. The summed E-state index contributed by atoms with van der Waals surface area (Å²) in [5.74, 6) is -1.13. The lowest BCUT2D eigenvalue weighted by atomic mass is 10.0. The molecule has 3 N–H and O–H groups in total. The molecule has 1 atom stereocenters. The Bertz CT molecular complexity index is 1260. The molecule has 0 saturated heterocycles. The highest BCUT2D eigenvalue weighted by Crippen LogP contribution is 2.25. The number of anilines is 1. The monoisotopic (exact) mass is 494 g/mol. The van der Waals surface area contributed by atoms with E-state index in [-0.39, 0.29) is 12.2 Å². The van der Waals surface area contributed by atoms with Crippen molar-refractivity contribution in [1.29, 1.82) is 0 Å². The average Bonchev–Trinajstić information content (AvgIpc) is 3.30. The number of fused-ring (bicyclic) bond motifs is 1. The Balaban J connectivity index is 1.48. The zero-order valence-corrected chi connectivity index (χ0v) is 20.5. The summed E-state index contributed by atoms with van der Waals surface area (Å²) in [5.41, 5.74) is 4.00. The predicted octanol–water partition coefficient (Wildman–Crippen LogP) is 4.14. The van der Waals surface area contributed by atoms with E-state index >= 15 is 0 Å². The number of amides is 1. The molecule has 4 rings (SSSR count). The molecule has 0 spiro atoms. The van der Waals surface area contributed by atoms with E-state index in [0.717, 1.165) is 42.9 Å². The normalized spacial score (nSPS) is 13.4. The van der Waals surface area contributed by atoms with Crippen LogP contribution in [-0.2, 0) is 30.6 Å². The van der Waals surface area contributed by atoms with Crippen molar-refractivity contribution in [1.82, 2.24) is 14.9 Å². The lowest BCUT2D eigenvalue weighted by Crippen LogP contribution is -2.31. The molecule has 1 aliphatic rings. The molecular formula is C27H31FN4O4. The summed E-state index contributed by atoms with van der Waals surface area (Å²) in [4.78, 5) is 29.4. The number of hydrogen-bond acceptors (Lipinski definition) is 5. The Kier molecular flexibility index (Phi) is 7.87. The zero-order chi connectivity index (χ0) is 25.7. The molecule has 1 aromatic carbocycles. The smallest absolute Gasteiger partial charge is 0.305 e. The number of aromatic nitrogens is 2. The summed E-state index contributed by atoms with van der Waals surface area (Å²) in [6.07, 6.45) is 5.15. The first-order valence-corrected chi connectivity index (χ1v) is 12.2. The third-order valence-electron chi connectivity index (χ3n) is 6.41. The summed E-state index contributed by atoms with van der Waals surface area (Å²) in [6, 6.07) is 9.28. The van der Waals surface area contributed by atoms with Crippen molar-refractivity contribution in [3.05, 3.63) is 76.5 Å². The lowest BCUT2D eigenvalue weighted by molar-refractivity contribution is -0.137. The van der Waals surface area contributed by atoms with Crippen molar-refractivity contribution >= 4 is 17.7 Å². The van der Waals surface area contributed by atoms with Crippen LogP contribution >= 0.6 is 0 Å². The molecule has 3 heterocycles. The molecule has 0 aliphatic carbocycles. The molecule has 0 fully saturated rings. The van der Waals surface area contributed by atoms with Crippen LogP contribution in [0.1, 0.15) is 58.7 Å². The van der Waals surface area contributed by atoms with E-state index in [0.29, 0.717) is 24.2 Å². The minimum absolute atomic E-state index is 0.0489. The van der Waals surface area contributed by atoms with E-state index in [4.69, 9.17) is 9.72 Å². The molecule has 36 heavy (non-hydrogen) atoms. The number of nitrogens with zero attached hydrogens (tertiary/aromatic N) is 2. The maximum Gasteiger partial charge on any atom is 0.305 e. The van der Waals surface area contributed by atoms with Crippen LogP contribution in [0.3, 0.4) is 0 Å². The molecule has 1 amide bonds.